The Morgan fingerprint density at radius 3 is 2.40 bits per heavy atom. The number of carbonyl (C=O) groups is 1. The van der Waals surface area contributed by atoms with E-state index in [1.807, 2.05) is 0 Å². The van der Waals surface area contributed by atoms with Gasteiger partial charge in [0.2, 0.25) is 6.10 Å². The lowest BCUT2D eigenvalue weighted by Gasteiger charge is -2.10. The summed E-state index contributed by atoms with van der Waals surface area (Å²) >= 11 is 3.31. The van der Waals surface area contributed by atoms with Crippen LogP contribution in [0.2, 0.25) is 0 Å². The summed E-state index contributed by atoms with van der Waals surface area (Å²) in [6.07, 6.45) is 0.566. The van der Waals surface area contributed by atoms with Gasteiger partial charge in [-0.3, -0.25) is 4.79 Å². The van der Waals surface area contributed by atoms with E-state index in [0.717, 1.165) is 4.47 Å². The lowest BCUT2D eigenvalue weighted by atomic mass is 10.2. The third-order valence-corrected chi connectivity index (χ3v) is 3.54. The number of ether oxygens (including phenoxy) is 1. The van der Waals surface area contributed by atoms with Crippen molar-refractivity contribution in [3.63, 3.8) is 0 Å². The molecule has 0 aliphatic heterocycles. The van der Waals surface area contributed by atoms with Gasteiger partial charge >= 0.3 is 6.61 Å². The molecule has 2 aromatic carbocycles. The maximum absolute atomic E-state index is 12.1. The van der Waals surface area contributed by atoms with Gasteiger partial charge in [0.15, 0.2) is 0 Å². The van der Waals surface area contributed by atoms with Gasteiger partial charge in [-0.2, -0.15) is 8.78 Å². The van der Waals surface area contributed by atoms with Crippen LogP contribution < -0.4 is 10.1 Å². The first-order valence-electron chi connectivity index (χ1n) is 7.24. The Hall–Kier alpha value is -2.48. The van der Waals surface area contributed by atoms with E-state index in [4.69, 9.17) is 4.84 Å². The average Bonchev–Trinajstić information content (AvgIpc) is 2.58. The fourth-order valence-electron chi connectivity index (χ4n) is 1.74. The summed E-state index contributed by atoms with van der Waals surface area (Å²) in [6.45, 7) is -1.31. The third kappa shape index (κ3) is 6.50. The summed E-state index contributed by atoms with van der Waals surface area (Å²) in [6, 6.07) is 13.0. The Morgan fingerprint density at radius 1 is 1.16 bits per heavy atom. The van der Waals surface area contributed by atoms with Gasteiger partial charge in [0.1, 0.15) is 5.75 Å². The van der Waals surface area contributed by atoms with Gasteiger partial charge < -0.3 is 14.9 Å². The highest BCUT2D eigenvalue weighted by atomic mass is 79.9. The third-order valence-electron chi connectivity index (χ3n) is 3.01. The molecule has 8 heteroatoms. The molecule has 2 aromatic rings. The van der Waals surface area contributed by atoms with Crippen LogP contribution in [0, 0.1) is 0 Å². The SMILES string of the molecule is C[C@H](O/N=C\c1ccc(OC(F)F)cc1)C(=O)Nc1ccc(Br)cc1. The van der Waals surface area contributed by atoms with Gasteiger partial charge in [-0.25, -0.2) is 0 Å². The summed E-state index contributed by atoms with van der Waals surface area (Å²) in [5.74, 6) is -0.296. The molecule has 0 bridgehead atoms. The zero-order valence-electron chi connectivity index (χ0n) is 13.2. The van der Waals surface area contributed by atoms with E-state index in [0.29, 0.717) is 11.3 Å². The number of anilines is 1. The smallest absolute Gasteiger partial charge is 0.387 e. The lowest BCUT2D eigenvalue weighted by Crippen LogP contribution is -2.26. The van der Waals surface area contributed by atoms with Crippen molar-refractivity contribution in [3.05, 3.63) is 58.6 Å². The molecule has 0 aliphatic rings. The van der Waals surface area contributed by atoms with E-state index >= 15 is 0 Å². The van der Waals surface area contributed by atoms with Crippen molar-refractivity contribution in [1.82, 2.24) is 0 Å². The van der Waals surface area contributed by atoms with Gasteiger partial charge in [0.05, 0.1) is 6.21 Å². The highest BCUT2D eigenvalue weighted by molar-refractivity contribution is 9.10. The summed E-state index contributed by atoms with van der Waals surface area (Å²) in [5, 5.41) is 6.42. The minimum absolute atomic E-state index is 0.0512. The van der Waals surface area contributed by atoms with Crippen molar-refractivity contribution in [2.75, 3.05) is 5.32 Å². The molecule has 0 heterocycles. The van der Waals surface area contributed by atoms with E-state index in [9.17, 15) is 13.6 Å². The highest BCUT2D eigenvalue weighted by Gasteiger charge is 2.14. The molecule has 0 aromatic heterocycles. The quantitative estimate of drug-likeness (QED) is 0.540. The van der Waals surface area contributed by atoms with Gasteiger partial charge in [-0.1, -0.05) is 21.1 Å². The molecule has 0 aliphatic carbocycles. The Morgan fingerprint density at radius 2 is 1.80 bits per heavy atom. The zero-order chi connectivity index (χ0) is 18.2. The number of hydrogen-bond donors (Lipinski definition) is 1. The van der Waals surface area contributed by atoms with Crippen LogP contribution in [0.4, 0.5) is 14.5 Å². The summed E-state index contributed by atoms with van der Waals surface area (Å²) in [5.41, 5.74) is 1.25. The maximum atomic E-state index is 12.1. The number of alkyl halides is 2. The molecule has 25 heavy (non-hydrogen) atoms. The zero-order valence-corrected chi connectivity index (χ0v) is 14.7. The number of rotatable bonds is 7. The van der Waals surface area contributed by atoms with Crippen molar-refractivity contribution in [3.8, 4) is 5.75 Å². The number of halogens is 3. The Balaban J connectivity index is 1.83. The molecule has 0 fully saturated rings. The Labute approximate surface area is 151 Å². The first-order chi connectivity index (χ1) is 11.9. The van der Waals surface area contributed by atoms with Crippen LogP contribution in [0.1, 0.15) is 12.5 Å². The Bertz CT molecular complexity index is 722. The molecule has 0 spiro atoms. The van der Waals surface area contributed by atoms with Crippen molar-refractivity contribution in [2.24, 2.45) is 5.16 Å². The van der Waals surface area contributed by atoms with Crippen molar-refractivity contribution < 1.29 is 23.1 Å². The summed E-state index contributed by atoms with van der Waals surface area (Å²) in [4.78, 5) is 17.1. The van der Waals surface area contributed by atoms with Gasteiger partial charge in [-0.05, 0) is 61.0 Å². The van der Waals surface area contributed by atoms with Crippen LogP contribution in [0.3, 0.4) is 0 Å². The number of nitrogens with zero attached hydrogens (tertiary/aromatic N) is 1. The standard InChI is InChI=1S/C17H15BrF2N2O3/c1-11(16(23)22-14-6-4-13(18)5-7-14)25-21-10-12-2-8-15(9-3-12)24-17(19)20/h2-11,17H,1H3,(H,22,23)/b21-10-/t11-/m0/s1. The van der Waals surface area contributed by atoms with Crippen LogP contribution in [0.25, 0.3) is 0 Å². The fourth-order valence-corrected chi connectivity index (χ4v) is 2.01. The first-order valence-corrected chi connectivity index (χ1v) is 8.04. The summed E-state index contributed by atoms with van der Waals surface area (Å²) < 4.78 is 29.3. The number of hydrogen-bond acceptors (Lipinski definition) is 4. The largest absolute Gasteiger partial charge is 0.435 e. The Kier molecular flexibility index (Phi) is 6.88. The van der Waals surface area contributed by atoms with E-state index in [1.54, 1.807) is 31.2 Å². The van der Waals surface area contributed by atoms with E-state index in [2.05, 4.69) is 31.1 Å². The number of amides is 1. The minimum Gasteiger partial charge on any atom is -0.435 e. The predicted molar refractivity (Wildman–Crippen MR) is 94.0 cm³/mol. The first kappa shape index (κ1) is 18.9. The molecule has 0 unspecified atom stereocenters. The van der Waals surface area contributed by atoms with Crippen molar-refractivity contribution in [2.45, 2.75) is 19.6 Å². The molecule has 0 saturated carbocycles. The summed E-state index contributed by atoms with van der Waals surface area (Å²) in [7, 11) is 0. The number of carbonyl (C=O) groups excluding carboxylic acids is 1. The minimum atomic E-state index is -2.87. The van der Waals surface area contributed by atoms with Crippen molar-refractivity contribution in [1.29, 1.82) is 0 Å². The molecule has 132 valence electrons. The molecule has 1 amide bonds. The van der Waals surface area contributed by atoms with Gasteiger partial charge in [-0.15, -0.1) is 0 Å². The van der Waals surface area contributed by atoms with E-state index in [1.165, 1.54) is 30.5 Å². The molecule has 5 nitrogen and oxygen atoms in total. The van der Waals surface area contributed by atoms with E-state index < -0.39 is 12.7 Å². The van der Waals surface area contributed by atoms with E-state index in [-0.39, 0.29) is 11.7 Å². The van der Waals surface area contributed by atoms with Gasteiger partial charge in [0, 0.05) is 10.2 Å². The molecule has 2 rings (SSSR count). The van der Waals surface area contributed by atoms with Crippen molar-refractivity contribution >= 4 is 33.7 Å². The average molecular weight is 413 g/mol. The second-order valence-electron chi connectivity index (χ2n) is 4.93. The van der Waals surface area contributed by atoms with Gasteiger partial charge in [0.25, 0.3) is 5.91 Å². The van der Waals surface area contributed by atoms with Crippen LogP contribution in [0.5, 0.6) is 5.75 Å². The number of nitrogens with one attached hydrogen (secondary N) is 1. The second kappa shape index (κ2) is 9.12. The molecular formula is C17H15BrF2N2O3. The van der Waals surface area contributed by atoms with Crippen LogP contribution >= 0.6 is 15.9 Å². The second-order valence-corrected chi connectivity index (χ2v) is 5.84. The molecular weight excluding hydrogens is 398 g/mol. The molecule has 1 atom stereocenters. The number of oxime groups is 1. The molecule has 0 radical (unpaired) electrons. The van der Waals surface area contributed by atoms with Crippen LogP contribution in [-0.2, 0) is 9.63 Å². The topological polar surface area (TPSA) is 59.9 Å². The maximum Gasteiger partial charge on any atom is 0.387 e. The monoisotopic (exact) mass is 412 g/mol. The van der Waals surface area contributed by atoms with Crippen LogP contribution in [-0.4, -0.2) is 24.8 Å². The lowest BCUT2D eigenvalue weighted by molar-refractivity contribution is -0.126. The van der Waals surface area contributed by atoms with Crippen LogP contribution in [0.15, 0.2) is 58.2 Å². The number of benzene rings is 2. The molecule has 1 N–H and O–H groups in total. The fraction of sp³-hybridized carbons (Fsp3) is 0.176. The highest BCUT2D eigenvalue weighted by Crippen LogP contribution is 2.15. The molecule has 0 saturated heterocycles. The predicted octanol–water partition coefficient (Wildman–Crippen LogP) is 4.43. The normalized spacial score (nSPS) is 12.2.